The first kappa shape index (κ1) is 17.7. The molecule has 0 atom stereocenters. The highest BCUT2D eigenvalue weighted by atomic mass is 16.1. The van der Waals surface area contributed by atoms with Crippen LogP contribution in [0, 0.1) is 5.41 Å². The molecule has 1 aromatic rings. The lowest BCUT2D eigenvalue weighted by Gasteiger charge is -2.21. The summed E-state index contributed by atoms with van der Waals surface area (Å²) < 4.78 is 0. The topological polar surface area (TPSA) is 32.3 Å². The Balaban J connectivity index is 2.65. The van der Waals surface area contributed by atoms with E-state index in [2.05, 4.69) is 63.0 Å². The van der Waals surface area contributed by atoms with Crippen LogP contribution in [0.5, 0.6) is 0 Å². The molecule has 0 aromatic heterocycles. The zero-order chi connectivity index (χ0) is 15.9. The molecular weight excluding hydrogens is 260 g/mol. The first-order valence-corrected chi connectivity index (χ1v) is 7.91. The monoisotopic (exact) mass is 290 g/mol. The number of rotatable bonds is 7. The van der Waals surface area contributed by atoms with Crippen molar-refractivity contribution < 1.29 is 4.79 Å². The number of benzene rings is 1. The summed E-state index contributed by atoms with van der Waals surface area (Å²) in [6.07, 6.45) is 0.561. The van der Waals surface area contributed by atoms with Gasteiger partial charge in [0.25, 0.3) is 0 Å². The molecule has 0 radical (unpaired) electrons. The van der Waals surface area contributed by atoms with Crippen molar-refractivity contribution in [2.45, 2.75) is 54.1 Å². The molecule has 3 heteroatoms. The van der Waals surface area contributed by atoms with Crippen LogP contribution in [0.15, 0.2) is 24.3 Å². The van der Waals surface area contributed by atoms with Crippen LogP contribution in [-0.4, -0.2) is 23.9 Å². The summed E-state index contributed by atoms with van der Waals surface area (Å²) in [6, 6.07) is 8.37. The zero-order valence-corrected chi connectivity index (χ0v) is 14.2. The lowest BCUT2D eigenvalue weighted by atomic mass is 9.92. The Morgan fingerprint density at radius 1 is 1.10 bits per heavy atom. The van der Waals surface area contributed by atoms with Gasteiger partial charge in [0, 0.05) is 19.5 Å². The van der Waals surface area contributed by atoms with Gasteiger partial charge >= 0.3 is 0 Å². The summed E-state index contributed by atoms with van der Waals surface area (Å²) in [5.74, 6) is 0.125. The Morgan fingerprint density at radius 2 is 1.67 bits per heavy atom. The highest BCUT2D eigenvalue weighted by molar-refractivity contribution is 5.76. The van der Waals surface area contributed by atoms with Gasteiger partial charge in [-0.25, -0.2) is 0 Å². The van der Waals surface area contributed by atoms with Crippen LogP contribution >= 0.6 is 0 Å². The highest BCUT2D eigenvalue weighted by Gasteiger charge is 2.16. The molecule has 1 aromatic carbocycles. The number of nitrogens with one attached hydrogen (secondary N) is 1. The fourth-order valence-electron chi connectivity index (χ4n) is 2.31. The van der Waals surface area contributed by atoms with E-state index in [-0.39, 0.29) is 11.3 Å². The molecule has 118 valence electrons. The van der Waals surface area contributed by atoms with Gasteiger partial charge in [-0.05, 0) is 29.6 Å². The third-order valence-electron chi connectivity index (χ3n) is 3.57. The van der Waals surface area contributed by atoms with Gasteiger partial charge < -0.3 is 5.32 Å². The minimum atomic E-state index is 0.0326. The smallest absolute Gasteiger partial charge is 0.220 e. The van der Waals surface area contributed by atoms with Gasteiger partial charge in [-0.2, -0.15) is 0 Å². The molecule has 3 nitrogen and oxygen atoms in total. The Hall–Kier alpha value is -1.35. The molecule has 0 spiro atoms. The minimum Gasteiger partial charge on any atom is -0.352 e. The molecule has 21 heavy (non-hydrogen) atoms. The minimum absolute atomic E-state index is 0.0326. The molecule has 0 aliphatic heterocycles. The number of carbonyl (C=O) groups excluding carboxylic acids is 1. The Labute approximate surface area is 129 Å². The lowest BCUT2D eigenvalue weighted by molar-refractivity contribution is -0.122. The van der Waals surface area contributed by atoms with Crippen LogP contribution in [0.1, 0.15) is 52.2 Å². The van der Waals surface area contributed by atoms with Crippen LogP contribution in [0.2, 0.25) is 0 Å². The maximum atomic E-state index is 12.0. The van der Waals surface area contributed by atoms with Crippen molar-refractivity contribution in [3.05, 3.63) is 35.4 Å². The maximum Gasteiger partial charge on any atom is 0.220 e. The lowest BCUT2D eigenvalue weighted by Crippen LogP contribution is -2.28. The summed E-state index contributed by atoms with van der Waals surface area (Å²) in [7, 11) is 0. The van der Waals surface area contributed by atoms with E-state index in [1.54, 1.807) is 0 Å². The molecule has 0 unspecified atom stereocenters. The maximum absolute atomic E-state index is 12.0. The van der Waals surface area contributed by atoms with E-state index in [1.165, 1.54) is 11.1 Å². The van der Waals surface area contributed by atoms with E-state index in [4.69, 9.17) is 0 Å². The molecular formula is C18H30N2O. The molecule has 0 heterocycles. The first-order chi connectivity index (χ1) is 9.85. The Kier molecular flexibility index (Phi) is 6.90. The summed E-state index contributed by atoms with van der Waals surface area (Å²) in [4.78, 5) is 14.3. The Bertz CT molecular complexity index is 445. The molecule has 0 saturated heterocycles. The van der Waals surface area contributed by atoms with Crippen LogP contribution in [0.3, 0.4) is 0 Å². The summed E-state index contributed by atoms with van der Waals surface area (Å²) >= 11 is 0. The number of amides is 1. The third kappa shape index (κ3) is 6.76. The van der Waals surface area contributed by atoms with E-state index < -0.39 is 0 Å². The second-order valence-corrected chi connectivity index (χ2v) is 6.74. The van der Waals surface area contributed by atoms with E-state index >= 15 is 0 Å². The summed E-state index contributed by atoms with van der Waals surface area (Å²) in [5, 5.41) is 3.05. The first-order valence-electron chi connectivity index (χ1n) is 7.91. The molecule has 0 aliphatic rings. The van der Waals surface area contributed by atoms with Gasteiger partial charge in [0.15, 0.2) is 0 Å². The molecule has 0 bridgehead atoms. The quantitative estimate of drug-likeness (QED) is 0.832. The van der Waals surface area contributed by atoms with Crippen molar-refractivity contribution in [3.63, 3.8) is 0 Å². The van der Waals surface area contributed by atoms with Gasteiger partial charge in [0.05, 0.1) is 0 Å². The van der Waals surface area contributed by atoms with Gasteiger partial charge in [0.1, 0.15) is 0 Å². The average molecular weight is 290 g/mol. The van der Waals surface area contributed by atoms with Crippen molar-refractivity contribution in [2.24, 2.45) is 5.41 Å². The van der Waals surface area contributed by atoms with Gasteiger partial charge in [-0.15, -0.1) is 0 Å². The van der Waals surface area contributed by atoms with Crippen molar-refractivity contribution in [3.8, 4) is 0 Å². The van der Waals surface area contributed by atoms with Crippen molar-refractivity contribution in [1.82, 2.24) is 10.2 Å². The number of carbonyl (C=O) groups is 1. The summed E-state index contributed by atoms with van der Waals surface area (Å²) in [5.41, 5.74) is 2.55. The average Bonchev–Trinajstić information content (AvgIpc) is 2.41. The molecule has 0 saturated carbocycles. The summed E-state index contributed by atoms with van der Waals surface area (Å²) in [6.45, 7) is 14.3. The SMILES string of the molecule is CCN(CC)Cc1ccccc1CNC(=O)CC(C)(C)C. The standard InChI is InChI=1S/C18H30N2O/c1-6-20(7-2)14-16-11-9-8-10-15(16)13-19-17(21)12-18(3,4)5/h8-11H,6-7,12-14H2,1-5H3,(H,19,21). The molecule has 1 amide bonds. The van der Waals surface area contributed by atoms with E-state index in [9.17, 15) is 4.79 Å². The molecule has 1 rings (SSSR count). The van der Waals surface area contributed by atoms with Gasteiger partial charge in [0.2, 0.25) is 5.91 Å². The largest absolute Gasteiger partial charge is 0.352 e. The van der Waals surface area contributed by atoms with E-state index in [0.717, 1.165) is 19.6 Å². The fraction of sp³-hybridized carbons (Fsp3) is 0.611. The highest BCUT2D eigenvalue weighted by Crippen LogP contribution is 2.18. The number of hydrogen-bond acceptors (Lipinski definition) is 2. The van der Waals surface area contributed by atoms with E-state index in [0.29, 0.717) is 13.0 Å². The zero-order valence-electron chi connectivity index (χ0n) is 14.2. The molecule has 0 fully saturated rings. The number of hydrogen-bond donors (Lipinski definition) is 1. The van der Waals surface area contributed by atoms with Gasteiger partial charge in [-0.1, -0.05) is 58.9 Å². The van der Waals surface area contributed by atoms with Gasteiger partial charge in [-0.3, -0.25) is 9.69 Å². The van der Waals surface area contributed by atoms with Crippen molar-refractivity contribution >= 4 is 5.91 Å². The van der Waals surface area contributed by atoms with Crippen LogP contribution in [0.4, 0.5) is 0 Å². The normalized spacial score (nSPS) is 11.7. The predicted octanol–water partition coefficient (Wildman–Crippen LogP) is 3.58. The van der Waals surface area contributed by atoms with Crippen LogP contribution < -0.4 is 5.32 Å². The van der Waals surface area contributed by atoms with Crippen molar-refractivity contribution in [2.75, 3.05) is 13.1 Å². The predicted molar refractivity (Wildman–Crippen MR) is 89.0 cm³/mol. The van der Waals surface area contributed by atoms with E-state index in [1.807, 2.05) is 6.07 Å². The van der Waals surface area contributed by atoms with Crippen LogP contribution in [0.25, 0.3) is 0 Å². The fourth-order valence-corrected chi connectivity index (χ4v) is 2.31. The van der Waals surface area contributed by atoms with Crippen molar-refractivity contribution in [1.29, 1.82) is 0 Å². The number of nitrogens with zero attached hydrogens (tertiary/aromatic N) is 1. The second-order valence-electron chi connectivity index (χ2n) is 6.74. The third-order valence-corrected chi connectivity index (χ3v) is 3.57. The molecule has 1 N–H and O–H groups in total. The van der Waals surface area contributed by atoms with Crippen LogP contribution in [-0.2, 0) is 17.9 Å². The second kappa shape index (κ2) is 8.18. The molecule has 0 aliphatic carbocycles. The Morgan fingerprint density at radius 3 is 2.19 bits per heavy atom.